The SMILES string of the molecule is O=C(c1cc(Cl)ccc1[N+](=O)[O-])N1CCCC(Br)C1. The Bertz CT molecular complexity index is 524. The maximum Gasteiger partial charge on any atom is 0.282 e. The van der Waals surface area contributed by atoms with Crippen LogP contribution < -0.4 is 0 Å². The average Bonchev–Trinajstić information content (AvgIpc) is 2.37. The highest BCUT2D eigenvalue weighted by atomic mass is 79.9. The average molecular weight is 348 g/mol. The molecule has 1 fully saturated rings. The van der Waals surface area contributed by atoms with Gasteiger partial charge in [-0.3, -0.25) is 14.9 Å². The van der Waals surface area contributed by atoms with E-state index in [-0.39, 0.29) is 22.0 Å². The van der Waals surface area contributed by atoms with Crippen molar-refractivity contribution in [3.63, 3.8) is 0 Å². The summed E-state index contributed by atoms with van der Waals surface area (Å²) >= 11 is 9.31. The van der Waals surface area contributed by atoms with Crippen molar-refractivity contribution in [2.45, 2.75) is 17.7 Å². The molecular weight excluding hydrogens is 336 g/mol. The Balaban J connectivity index is 2.32. The molecule has 0 spiro atoms. The van der Waals surface area contributed by atoms with Gasteiger partial charge in [-0.1, -0.05) is 27.5 Å². The van der Waals surface area contributed by atoms with Crippen LogP contribution in [0.4, 0.5) is 5.69 Å². The number of benzene rings is 1. The molecule has 1 aromatic rings. The summed E-state index contributed by atoms with van der Waals surface area (Å²) < 4.78 is 0. The molecule has 1 aliphatic heterocycles. The Morgan fingerprint density at radius 2 is 2.26 bits per heavy atom. The molecule has 1 aliphatic rings. The molecule has 102 valence electrons. The van der Waals surface area contributed by atoms with Gasteiger partial charge in [-0.2, -0.15) is 0 Å². The predicted molar refractivity (Wildman–Crippen MR) is 76.0 cm³/mol. The highest BCUT2D eigenvalue weighted by Gasteiger charge is 2.28. The van der Waals surface area contributed by atoms with Crippen molar-refractivity contribution in [2.24, 2.45) is 0 Å². The van der Waals surface area contributed by atoms with E-state index in [2.05, 4.69) is 15.9 Å². The molecule has 2 rings (SSSR count). The standard InChI is InChI=1S/C12H12BrClN2O3/c13-8-2-1-5-15(7-8)12(17)10-6-9(14)3-4-11(10)16(18)19/h3-4,6,8H,1-2,5,7H2. The van der Waals surface area contributed by atoms with E-state index < -0.39 is 4.92 Å². The second-order valence-electron chi connectivity index (χ2n) is 4.41. The highest BCUT2D eigenvalue weighted by Crippen LogP contribution is 2.26. The lowest BCUT2D eigenvalue weighted by molar-refractivity contribution is -0.385. The van der Waals surface area contributed by atoms with Crippen molar-refractivity contribution >= 4 is 39.1 Å². The van der Waals surface area contributed by atoms with Crippen molar-refractivity contribution in [2.75, 3.05) is 13.1 Å². The number of amides is 1. The van der Waals surface area contributed by atoms with Gasteiger partial charge in [-0.15, -0.1) is 0 Å². The lowest BCUT2D eigenvalue weighted by Gasteiger charge is -2.30. The summed E-state index contributed by atoms with van der Waals surface area (Å²) in [5.41, 5.74) is -0.148. The van der Waals surface area contributed by atoms with Crippen molar-refractivity contribution in [3.8, 4) is 0 Å². The third-order valence-corrected chi connectivity index (χ3v) is 4.02. The molecule has 1 unspecified atom stereocenters. The molecule has 0 saturated carbocycles. The quantitative estimate of drug-likeness (QED) is 0.469. The second kappa shape index (κ2) is 5.88. The summed E-state index contributed by atoms with van der Waals surface area (Å²) in [6.07, 6.45) is 1.89. The van der Waals surface area contributed by atoms with Gasteiger partial charge in [-0.25, -0.2) is 0 Å². The van der Waals surface area contributed by atoms with Gasteiger partial charge >= 0.3 is 0 Å². The number of nitro benzene ring substituents is 1. The molecule has 0 radical (unpaired) electrons. The Morgan fingerprint density at radius 1 is 1.53 bits per heavy atom. The third kappa shape index (κ3) is 3.25. The van der Waals surface area contributed by atoms with Crippen LogP contribution in [-0.2, 0) is 0 Å². The Labute approximate surface area is 123 Å². The molecule has 1 atom stereocenters. The zero-order chi connectivity index (χ0) is 14.0. The monoisotopic (exact) mass is 346 g/mol. The molecule has 1 saturated heterocycles. The van der Waals surface area contributed by atoms with E-state index in [9.17, 15) is 14.9 Å². The fraction of sp³-hybridized carbons (Fsp3) is 0.417. The van der Waals surface area contributed by atoms with E-state index in [0.717, 1.165) is 12.8 Å². The number of nitro groups is 1. The molecule has 1 heterocycles. The van der Waals surface area contributed by atoms with Gasteiger partial charge in [0.15, 0.2) is 0 Å². The molecule has 0 bridgehead atoms. The second-order valence-corrected chi connectivity index (χ2v) is 6.14. The highest BCUT2D eigenvalue weighted by molar-refractivity contribution is 9.09. The molecular formula is C12H12BrClN2O3. The summed E-state index contributed by atoms with van der Waals surface area (Å²) in [6, 6.07) is 4.05. The Kier molecular flexibility index (Phi) is 4.42. The normalized spacial score (nSPS) is 19.3. The number of piperidine rings is 1. The van der Waals surface area contributed by atoms with Gasteiger partial charge in [0.2, 0.25) is 0 Å². The third-order valence-electron chi connectivity index (χ3n) is 3.04. The largest absolute Gasteiger partial charge is 0.337 e. The summed E-state index contributed by atoms with van der Waals surface area (Å²) in [5, 5.41) is 11.3. The predicted octanol–water partition coefficient (Wildman–Crippen LogP) is 3.25. The maximum absolute atomic E-state index is 12.4. The number of alkyl halides is 1. The van der Waals surface area contributed by atoms with E-state index in [0.29, 0.717) is 18.1 Å². The minimum absolute atomic E-state index is 0.0547. The summed E-state index contributed by atoms with van der Waals surface area (Å²) in [7, 11) is 0. The molecule has 1 aromatic carbocycles. The van der Waals surface area contributed by atoms with Crippen LogP contribution in [0.1, 0.15) is 23.2 Å². The van der Waals surface area contributed by atoms with Gasteiger partial charge < -0.3 is 4.90 Å². The first-order valence-electron chi connectivity index (χ1n) is 5.86. The van der Waals surface area contributed by atoms with Gasteiger partial charge in [0.25, 0.3) is 11.6 Å². The minimum Gasteiger partial charge on any atom is -0.337 e. The molecule has 19 heavy (non-hydrogen) atoms. The fourth-order valence-corrected chi connectivity index (χ4v) is 2.96. The van der Waals surface area contributed by atoms with Crippen LogP contribution >= 0.6 is 27.5 Å². The molecule has 7 heteroatoms. The van der Waals surface area contributed by atoms with Gasteiger partial charge in [0, 0.05) is 29.0 Å². The molecule has 0 N–H and O–H groups in total. The van der Waals surface area contributed by atoms with E-state index in [4.69, 9.17) is 11.6 Å². The van der Waals surface area contributed by atoms with Crippen LogP contribution in [0.25, 0.3) is 0 Å². The van der Waals surface area contributed by atoms with Crippen molar-refractivity contribution in [1.82, 2.24) is 4.90 Å². The number of carbonyl (C=O) groups is 1. The first-order valence-corrected chi connectivity index (χ1v) is 7.15. The van der Waals surface area contributed by atoms with Crippen LogP contribution in [0.15, 0.2) is 18.2 Å². The van der Waals surface area contributed by atoms with E-state index in [1.807, 2.05) is 0 Å². The topological polar surface area (TPSA) is 63.4 Å². The zero-order valence-corrected chi connectivity index (χ0v) is 12.4. The number of hydrogen-bond donors (Lipinski definition) is 0. The van der Waals surface area contributed by atoms with Gasteiger partial charge in [0.05, 0.1) is 4.92 Å². The number of hydrogen-bond acceptors (Lipinski definition) is 3. The summed E-state index contributed by atoms with van der Waals surface area (Å²) in [5.74, 6) is -0.335. The smallest absolute Gasteiger partial charge is 0.282 e. The van der Waals surface area contributed by atoms with Gasteiger partial charge in [-0.05, 0) is 25.0 Å². The summed E-state index contributed by atoms with van der Waals surface area (Å²) in [4.78, 5) is 24.6. The lowest BCUT2D eigenvalue weighted by atomic mass is 10.1. The van der Waals surface area contributed by atoms with Crippen LogP contribution in [0, 0.1) is 10.1 Å². The first-order chi connectivity index (χ1) is 8.99. The fourth-order valence-electron chi connectivity index (χ4n) is 2.12. The van der Waals surface area contributed by atoms with E-state index in [1.54, 1.807) is 4.90 Å². The van der Waals surface area contributed by atoms with Crippen LogP contribution in [0.2, 0.25) is 5.02 Å². The van der Waals surface area contributed by atoms with Crippen molar-refractivity contribution in [3.05, 3.63) is 38.9 Å². The van der Waals surface area contributed by atoms with Gasteiger partial charge in [0.1, 0.15) is 5.56 Å². The van der Waals surface area contributed by atoms with Crippen LogP contribution in [0.3, 0.4) is 0 Å². The molecule has 1 amide bonds. The van der Waals surface area contributed by atoms with E-state index in [1.165, 1.54) is 18.2 Å². The number of nitrogens with zero attached hydrogens (tertiary/aromatic N) is 2. The molecule has 0 aromatic heterocycles. The molecule has 0 aliphatic carbocycles. The first kappa shape index (κ1) is 14.3. The lowest BCUT2D eigenvalue weighted by Crippen LogP contribution is -2.40. The van der Waals surface area contributed by atoms with E-state index >= 15 is 0 Å². The zero-order valence-electron chi connectivity index (χ0n) is 10.0. The van der Waals surface area contributed by atoms with Crippen LogP contribution in [-0.4, -0.2) is 33.6 Å². The van der Waals surface area contributed by atoms with Crippen molar-refractivity contribution in [1.29, 1.82) is 0 Å². The molecule has 5 nitrogen and oxygen atoms in total. The Morgan fingerprint density at radius 3 is 2.89 bits per heavy atom. The minimum atomic E-state index is -0.556. The number of likely N-dealkylation sites (tertiary alicyclic amines) is 1. The van der Waals surface area contributed by atoms with Crippen molar-refractivity contribution < 1.29 is 9.72 Å². The number of rotatable bonds is 2. The summed E-state index contributed by atoms with van der Waals surface area (Å²) in [6.45, 7) is 1.17. The number of carbonyl (C=O) groups excluding carboxylic acids is 1. The number of halogens is 2. The van der Waals surface area contributed by atoms with Crippen LogP contribution in [0.5, 0.6) is 0 Å². The maximum atomic E-state index is 12.4. The Hall–Kier alpha value is -1.14.